The van der Waals surface area contributed by atoms with E-state index in [9.17, 15) is 0 Å². The summed E-state index contributed by atoms with van der Waals surface area (Å²) in [5.41, 5.74) is 0. The molecule has 0 spiro atoms. The molecule has 0 rings (SSSR count). The van der Waals surface area contributed by atoms with Gasteiger partial charge >= 0.3 is 0 Å². The van der Waals surface area contributed by atoms with Crippen LogP contribution in [0.2, 0.25) is 0 Å². The molecule has 0 aliphatic heterocycles. The standard InChI is InChI=1S/3C16H36N.CH2Cl2.3BrH/c3*1-5-9-13-17(14-10-6-2,15-11-7-3)16-12-8-4;2-1-3;;;/h3*5-16H2,1-4H3;1H2;3*1H/q3*+1;;;;/p-3. The molecule has 0 saturated carbocycles. The number of quaternary nitrogens is 3. The van der Waals surface area contributed by atoms with E-state index in [0.29, 0.717) is 0 Å². The van der Waals surface area contributed by atoms with E-state index in [1.54, 1.807) is 0 Å². The van der Waals surface area contributed by atoms with Crippen LogP contribution in [0.1, 0.15) is 237 Å². The molecule has 57 heavy (non-hydrogen) atoms. The first-order valence-electron chi connectivity index (χ1n) is 24.8. The molecule has 0 aromatic rings. The van der Waals surface area contributed by atoms with E-state index in [-0.39, 0.29) is 56.3 Å². The zero-order valence-corrected chi connectivity index (χ0v) is 47.7. The normalized spacial score (nSPS) is 11.1. The van der Waals surface area contributed by atoms with Crippen molar-refractivity contribution < 1.29 is 64.4 Å². The Balaban J connectivity index is -0.000000124. The zero-order valence-electron chi connectivity index (χ0n) is 41.4. The maximum Gasteiger partial charge on any atom is 0.0967 e. The van der Waals surface area contributed by atoms with E-state index in [0.717, 1.165) is 0 Å². The van der Waals surface area contributed by atoms with Crippen LogP contribution in [0.5, 0.6) is 0 Å². The Kier molecular flexibility index (Phi) is 74.5. The van der Waals surface area contributed by atoms with Crippen LogP contribution < -0.4 is 50.9 Å². The van der Waals surface area contributed by atoms with Crippen LogP contribution in [0, 0.1) is 0 Å². The Morgan fingerprint density at radius 3 is 0.333 bits per heavy atom. The highest BCUT2D eigenvalue weighted by atomic mass is 79.9. The van der Waals surface area contributed by atoms with Crippen LogP contribution in [0.3, 0.4) is 0 Å². The SMILES string of the molecule is CCCC[N+](CCCC)(CCCC)CCCC.CCCC[N+](CCCC)(CCCC)CCCC.CCCC[N+](CCCC)(CCCC)CCCC.ClCCl.[Br-].[Br-].[Br-]. The number of alkyl halides is 2. The van der Waals surface area contributed by atoms with Gasteiger partial charge in [0.15, 0.2) is 0 Å². The van der Waals surface area contributed by atoms with Gasteiger partial charge in [0.2, 0.25) is 0 Å². The maximum atomic E-state index is 4.76. The molecule has 0 saturated heterocycles. The summed E-state index contributed by atoms with van der Waals surface area (Å²) in [5, 5.41) is 0.194. The maximum absolute atomic E-state index is 4.76. The molecule has 0 heterocycles. The third kappa shape index (κ3) is 47.2. The number of hydrogen-bond donors (Lipinski definition) is 0. The average molecular weight is 1050 g/mol. The van der Waals surface area contributed by atoms with Gasteiger partial charge < -0.3 is 64.4 Å². The number of halogens is 5. The lowest BCUT2D eigenvalue weighted by molar-refractivity contribution is -0.929. The molecule has 0 aromatic heterocycles. The fraction of sp³-hybridized carbons (Fsp3) is 1.00. The van der Waals surface area contributed by atoms with Gasteiger partial charge in [-0.25, -0.2) is 0 Å². The molecule has 8 heteroatoms. The summed E-state index contributed by atoms with van der Waals surface area (Å²) >= 11 is 9.53. The van der Waals surface area contributed by atoms with Crippen molar-refractivity contribution in [2.45, 2.75) is 237 Å². The monoisotopic (exact) mass is 1050 g/mol. The fourth-order valence-corrected chi connectivity index (χ4v) is 7.93. The van der Waals surface area contributed by atoms with Crippen molar-refractivity contribution >= 4 is 23.2 Å². The van der Waals surface area contributed by atoms with E-state index in [1.807, 2.05) is 0 Å². The molecular formula is C49H110Br3Cl2N3. The van der Waals surface area contributed by atoms with E-state index in [4.69, 9.17) is 23.2 Å². The third-order valence-electron chi connectivity index (χ3n) is 11.8. The lowest BCUT2D eigenvalue weighted by Gasteiger charge is -2.39. The van der Waals surface area contributed by atoms with E-state index < -0.39 is 0 Å². The largest absolute Gasteiger partial charge is 1.00 e. The van der Waals surface area contributed by atoms with Crippen molar-refractivity contribution in [1.82, 2.24) is 0 Å². The van der Waals surface area contributed by atoms with Gasteiger partial charge in [-0.1, -0.05) is 160 Å². The predicted molar refractivity (Wildman–Crippen MR) is 255 cm³/mol. The Bertz CT molecular complexity index is 478. The molecule has 0 aliphatic carbocycles. The van der Waals surface area contributed by atoms with E-state index in [2.05, 4.69) is 83.1 Å². The van der Waals surface area contributed by atoms with Crippen LogP contribution in [-0.2, 0) is 0 Å². The van der Waals surface area contributed by atoms with Crippen LogP contribution in [0.4, 0.5) is 0 Å². The fourth-order valence-electron chi connectivity index (χ4n) is 7.93. The van der Waals surface area contributed by atoms with Gasteiger partial charge in [0.25, 0.3) is 0 Å². The van der Waals surface area contributed by atoms with Gasteiger partial charge in [-0.3, -0.25) is 0 Å². The van der Waals surface area contributed by atoms with Crippen molar-refractivity contribution in [1.29, 1.82) is 0 Å². The molecule has 0 radical (unpaired) electrons. The Labute approximate surface area is 405 Å². The Hall–Kier alpha value is 1.90. The predicted octanol–water partition coefficient (Wildman–Crippen LogP) is 7.44. The number of unbranched alkanes of at least 4 members (excludes halogenated alkanes) is 12. The van der Waals surface area contributed by atoms with Crippen molar-refractivity contribution in [2.24, 2.45) is 0 Å². The number of rotatable bonds is 36. The molecule has 356 valence electrons. The molecule has 0 amide bonds. The zero-order chi connectivity index (χ0) is 41.7. The summed E-state index contributed by atoms with van der Waals surface area (Å²) in [7, 11) is 0. The summed E-state index contributed by atoms with van der Waals surface area (Å²) in [5.74, 6) is 0. The quantitative estimate of drug-likeness (QED) is 0.0453. The van der Waals surface area contributed by atoms with Crippen molar-refractivity contribution in [3.8, 4) is 0 Å². The number of nitrogens with zero attached hydrogens (tertiary/aromatic N) is 3. The average Bonchev–Trinajstić information content (AvgIpc) is 3.20. The lowest BCUT2D eigenvalue weighted by atomic mass is 10.1. The van der Waals surface area contributed by atoms with Gasteiger partial charge in [-0.05, 0) is 77.0 Å². The highest BCUT2D eigenvalue weighted by Gasteiger charge is 2.26. The smallest absolute Gasteiger partial charge is 0.0967 e. The minimum Gasteiger partial charge on any atom is -1.00 e. The molecular weight excluding hydrogens is 941 g/mol. The van der Waals surface area contributed by atoms with E-state index >= 15 is 0 Å². The lowest BCUT2D eigenvalue weighted by Crippen LogP contribution is -3.00. The Morgan fingerprint density at radius 1 is 0.211 bits per heavy atom. The van der Waals surface area contributed by atoms with Crippen LogP contribution in [-0.4, -0.2) is 97.3 Å². The Morgan fingerprint density at radius 2 is 0.281 bits per heavy atom. The third-order valence-corrected chi connectivity index (χ3v) is 11.8. The summed E-state index contributed by atoms with van der Waals surface area (Å²) < 4.78 is 4.26. The van der Waals surface area contributed by atoms with Gasteiger partial charge in [0, 0.05) is 0 Å². The first kappa shape index (κ1) is 73.3. The molecule has 0 aromatic carbocycles. The summed E-state index contributed by atoms with van der Waals surface area (Å²) in [6, 6.07) is 0. The molecule has 0 aliphatic rings. The van der Waals surface area contributed by atoms with Gasteiger partial charge in [-0.15, -0.1) is 23.2 Å². The van der Waals surface area contributed by atoms with Crippen molar-refractivity contribution in [2.75, 3.05) is 83.9 Å². The topological polar surface area (TPSA) is 0 Å². The van der Waals surface area contributed by atoms with Crippen LogP contribution in [0.15, 0.2) is 0 Å². The second-order valence-corrected chi connectivity index (χ2v) is 17.9. The second kappa shape index (κ2) is 57.9. The van der Waals surface area contributed by atoms with E-state index in [1.165, 1.54) is 246 Å². The molecule has 0 unspecified atom stereocenters. The van der Waals surface area contributed by atoms with Gasteiger partial charge in [0.05, 0.1) is 83.9 Å². The summed E-state index contributed by atoms with van der Waals surface area (Å²) in [4.78, 5) is 0. The number of hydrogen-bond acceptors (Lipinski definition) is 0. The molecule has 0 fully saturated rings. The minimum atomic E-state index is 0. The summed E-state index contributed by atoms with van der Waals surface area (Å²) in [6.45, 7) is 45.1. The molecule has 0 N–H and O–H groups in total. The molecule has 0 bridgehead atoms. The highest BCUT2D eigenvalue weighted by molar-refractivity contribution is 6.40. The first-order valence-corrected chi connectivity index (χ1v) is 25.9. The van der Waals surface area contributed by atoms with Crippen LogP contribution in [0.25, 0.3) is 0 Å². The minimum absolute atomic E-state index is 0. The van der Waals surface area contributed by atoms with Gasteiger partial charge in [0.1, 0.15) is 0 Å². The highest BCUT2D eigenvalue weighted by Crippen LogP contribution is 2.19. The van der Waals surface area contributed by atoms with Crippen molar-refractivity contribution in [3.63, 3.8) is 0 Å². The molecule has 0 atom stereocenters. The summed E-state index contributed by atoms with van der Waals surface area (Å²) in [6.07, 6.45) is 33.2. The molecule has 3 nitrogen and oxygen atoms in total. The second-order valence-electron chi connectivity index (χ2n) is 17.1. The van der Waals surface area contributed by atoms with Crippen molar-refractivity contribution in [3.05, 3.63) is 0 Å². The van der Waals surface area contributed by atoms with Gasteiger partial charge in [-0.2, -0.15) is 0 Å². The van der Waals surface area contributed by atoms with Crippen LogP contribution >= 0.6 is 23.2 Å². The first-order chi connectivity index (χ1) is 26.1.